The van der Waals surface area contributed by atoms with Crippen molar-refractivity contribution in [2.45, 2.75) is 26.2 Å². The normalized spacial score (nSPS) is 11.0. The van der Waals surface area contributed by atoms with Gasteiger partial charge < -0.3 is 10.4 Å². The number of carboxylic acids is 1. The Morgan fingerprint density at radius 3 is 2.11 bits per heavy atom. The van der Waals surface area contributed by atoms with Crippen molar-refractivity contribution in [1.29, 1.82) is 0 Å². The van der Waals surface area contributed by atoms with Crippen LogP contribution in [0.15, 0.2) is 48.5 Å². The van der Waals surface area contributed by atoms with Crippen molar-refractivity contribution in [3.8, 4) is 0 Å². The van der Waals surface area contributed by atoms with Crippen molar-refractivity contribution in [1.82, 2.24) is 0 Å². The van der Waals surface area contributed by atoms with E-state index in [1.54, 1.807) is 36.4 Å². The molecule has 8 heteroatoms. The van der Waals surface area contributed by atoms with Crippen LogP contribution >= 0.6 is 0 Å². The largest absolute Gasteiger partial charge is 0.478 e. The van der Waals surface area contributed by atoms with Gasteiger partial charge in [-0.15, -0.1) is 0 Å². The van der Waals surface area contributed by atoms with Crippen molar-refractivity contribution >= 4 is 33.3 Å². The van der Waals surface area contributed by atoms with Gasteiger partial charge in [0.15, 0.2) is 0 Å². The highest BCUT2D eigenvalue weighted by molar-refractivity contribution is 7.92. The van der Waals surface area contributed by atoms with E-state index in [2.05, 4.69) is 10.0 Å². The Bertz CT molecular complexity index is 891. The molecule has 0 aromatic heterocycles. The summed E-state index contributed by atoms with van der Waals surface area (Å²) in [6, 6.07) is 12.5. The molecule has 7 nitrogen and oxygen atoms in total. The number of nitrogens with one attached hydrogen (secondary N) is 2. The van der Waals surface area contributed by atoms with E-state index in [0.29, 0.717) is 23.4 Å². The minimum atomic E-state index is -3.36. The fourth-order valence-electron chi connectivity index (χ4n) is 2.34. The monoisotopic (exact) mass is 390 g/mol. The fraction of sp³-hybridized carbons (Fsp3) is 0.263. The van der Waals surface area contributed by atoms with Gasteiger partial charge in [-0.25, -0.2) is 13.2 Å². The molecule has 0 bridgehead atoms. The molecule has 2 aromatic rings. The number of carbonyl (C=O) groups is 2. The molecular weight excluding hydrogens is 368 g/mol. The molecule has 144 valence electrons. The van der Waals surface area contributed by atoms with E-state index in [1.807, 2.05) is 6.92 Å². The summed E-state index contributed by atoms with van der Waals surface area (Å²) in [4.78, 5) is 22.9. The standard InChI is InChI=1S/C19H22N2O5S/c1-2-3-12-27(25,26)21-17-10-8-16(9-11-17)20-18(22)13-14-4-6-15(7-5-14)19(23)24/h4-11,21H,2-3,12-13H2,1H3,(H,20,22)(H,23,24). The fourth-order valence-corrected chi connectivity index (χ4v) is 3.61. The number of carboxylic acid groups (broad SMARTS) is 1. The Balaban J connectivity index is 1.91. The lowest BCUT2D eigenvalue weighted by Gasteiger charge is -2.09. The van der Waals surface area contributed by atoms with Crippen LogP contribution in [0.3, 0.4) is 0 Å². The van der Waals surface area contributed by atoms with Gasteiger partial charge in [0.2, 0.25) is 15.9 Å². The highest BCUT2D eigenvalue weighted by atomic mass is 32.2. The third-order valence-corrected chi connectivity index (χ3v) is 5.15. The van der Waals surface area contributed by atoms with Gasteiger partial charge in [-0.2, -0.15) is 0 Å². The van der Waals surface area contributed by atoms with Crippen LogP contribution in [-0.4, -0.2) is 31.2 Å². The second kappa shape index (κ2) is 9.18. The molecule has 0 unspecified atom stereocenters. The van der Waals surface area contributed by atoms with Gasteiger partial charge in [-0.05, 0) is 48.4 Å². The summed E-state index contributed by atoms with van der Waals surface area (Å²) in [6.45, 7) is 1.92. The van der Waals surface area contributed by atoms with E-state index in [4.69, 9.17) is 5.11 Å². The van der Waals surface area contributed by atoms with E-state index < -0.39 is 16.0 Å². The molecule has 2 rings (SSSR count). The van der Waals surface area contributed by atoms with Crippen molar-refractivity contribution in [2.75, 3.05) is 15.8 Å². The van der Waals surface area contributed by atoms with Gasteiger partial charge in [0, 0.05) is 11.4 Å². The molecule has 3 N–H and O–H groups in total. The molecule has 0 fully saturated rings. The molecule has 0 radical (unpaired) electrons. The summed E-state index contributed by atoms with van der Waals surface area (Å²) in [5, 5.41) is 11.6. The number of aromatic carboxylic acids is 1. The quantitative estimate of drug-likeness (QED) is 0.609. The molecule has 27 heavy (non-hydrogen) atoms. The van der Waals surface area contributed by atoms with E-state index in [0.717, 1.165) is 6.42 Å². The van der Waals surface area contributed by atoms with E-state index in [1.165, 1.54) is 12.1 Å². The van der Waals surface area contributed by atoms with Gasteiger partial charge in [0.25, 0.3) is 0 Å². The van der Waals surface area contributed by atoms with Crippen molar-refractivity contribution in [3.05, 3.63) is 59.7 Å². The molecule has 0 spiro atoms. The number of unbranched alkanes of at least 4 members (excludes halogenated alkanes) is 1. The maximum Gasteiger partial charge on any atom is 0.335 e. The summed E-state index contributed by atoms with van der Waals surface area (Å²) >= 11 is 0. The lowest BCUT2D eigenvalue weighted by molar-refractivity contribution is -0.115. The molecule has 0 saturated carbocycles. The van der Waals surface area contributed by atoms with Crippen LogP contribution in [0.1, 0.15) is 35.7 Å². The third kappa shape index (κ3) is 6.74. The Hall–Kier alpha value is -2.87. The number of anilines is 2. The summed E-state index contributed by atoms with van der Waals surface area (Å²) < 4.78 is 26.2. The Morgan fingerprint density at radius 2 is 1.56 bits per heavy atom. The number of amides is 1. The molecule has 0 atom stereocenters. The Kier molecular flexibility index (Phi) is 6.95. The lowest BCUT2D eigenvalue weighted by Crippen LogP contribution is -2.17. The van der Waals surface area contributed by atoms with Crippen LogP contribution in [0.2, 0.25) is 0 Å². The zero-order chi connectivity index (χ0) is 19.9. The predicted molar refractivity (Wildman–Crippen MR) is 104 cm³/mol. The van der Waals surface area contributed by atoms with Crippen molar-refractivity contribution in [2.24, 2.45) is 0 Å². The predicted octanol–water partition coefficient (Wildman–Crippen LogP) is 3.11. The molecule has 0 aliphatic rings. The zero-order valence-corrected chi connectivity index (χ0v) is 15.8. The number of sulfonamides is 1. The SMILES string of the molecule is CCCCS(=O)(=O)Nc1ccc(NC(=O)Cc2ccc(C(=O)O)cc2)cc1. The number of benzene rings is 2. The highest BCUT2D eigenvalue weighted by Gasteiger charge is 2.10. The van der Waals surface area contributed by atoms with E-state index >= 15 is 0 Å². The molecule has 0 aliphatic heterocycles. The molecule has 1 amide bonds. The second-order valence-electron chi connectivity index (χ2n) is 6.08. The smallest absolute Gasteiger partial charge is 0.335 e. The number of carbonyl (C=O) groups excluding carboxylic acids is 1. The maximum absolute atomic E-state index is 12.1. The second-order valence-corrected chi connectivity index (χ2v) is 7.92. The highest BCUT2D eigenvalue weighted by Crippen LogP contribution is 2.16. The molecule has 2 aromatic carbocycles. The maximum atomic E-state index is 12.1. The Morgan fingerprint density at radius 1 is 0.963 bits per heavy atom. The van der Waals surface area contributed by atoms with Crippen LogP contribution < -0.4 is 10.0 Å². The van der Waals surface area contributed by atoms with Crippen LogP contribution in [0.4, 0.5) is 11.4 Å². The van der Waals surface area contributed by atoms with Crippen LogP contribution in [0, 0.1) is 0 Å². The first kappa shape index (κ1) is 20.4. The molecular formula is C19H22N2O5S. The van der Waals surface area contributed by atoms with E-state index in [-0.39, 0.29) is 23.6 Å². The molecule has 0 saturated heterocycles. The minimum Gasteiger partial charge on any atom is -0.478 e. The first-order valence-corrected chi connectivity index (χ1v) is 10.2. The number of rotatable bonds is 9. The minimum absolute atomic E-state index is 0.0721. The summed E-state index contributed by atoms with van der Waals surface area (Å²) in [6.07, 6.45) is 1.49. The van der Waals surface area contributed by atoms with Gasteiger partial charge in [-0.1, -0.05) is 25.5 Å². The molecule has 0 aliphatic carbocycles. The van der Waals surface area contributed by atoms with Gasteiger partial charge in [-0.3, -0.25) is 9.52 Å². The van der Waals surface area contributed by atoms with Crippen LogP contribution in [-0.2, 0) is 21.2 Å². The average molecular weight is 390 g/mol. The van der Waals surface area contributed by atoms with Crippen molar-refractivity contribution < 1.29 is 23.1 Å². The first-order valence-electron chi connectivity index (χ1n) is 8.51. The van der Waals surface area contributed by atoms with E-state index in [9.17, 15) is 18.0 Å². The lowest BCUT2D eigenvalue weighted by atomic mass is 10.1. The summed E-state index contributed by atoms with van der Waals surface area (Å²) in [7, 11) is -3.36. The topological polar surface area (TPSA) is 113 Å². The average Bonchev–Trinajstić information content (AvgIpc) is 2.62. The Labute approximate surface area is 158 Å². The third-order valence-electron chi connectivity index (χ3n) is 3.77. The van der Waals surface area contributed by atoms with Gasteiger partial charge in [0.05, 0.1) is 17.7 Å². The zero-order valence-electron chi connectivity index (χ0n) is 14.9. The van der Waals surface area contributed by atoms with Crippen LogP contribution in [0.5, 0.6) is 0 Å². The van der Waals surface area contributed by atoms with Gasteiger partial charge in [0.1, 0.15) is 0 Å². The summed E-state index contributed by atoms with van der Waals surface area (Å²) in [5.74, 6) is -1.20. The first-order chi connectivity index (χ1) is 12.8. The number of hydrogen-bond donors (Lipinski definition) is 3. The number of hydrogen-bond acceptors (Lipinski definition) is 4. The molecule has 0 heterocycles. The van der Waals surface area contributed by atoms with Crippen molar-refractivity contribution in [3.63, 3.8) is 0 Å². The summed E-state index contributed by atoms with van der Waals surface area (Å²) in [5.41, 5.74) is 1.83. The van der Waals surface area contributed by atoms with Gasteiger partial charge >= 0.3 is 5.97 Å². The van der Waals surface area contributed by atoms with Crippen LogP contribution in [0.25, 0.3) is 0 Å².